The van der Waals surface area contributed by atoms with Crippen LogP contribution in [0.15, 0.2) is 40.9 Å². The van der Waals surface area contributed by atoms with E-state index in [2.05, 4.69) is 21.2 Å². The Balaban J connectivity index is 2.13. The quantitative estimate of drug-likeness (QED) is 0.844. The summed E-state index contributed by atoms with van der Waals surface area (Å²) < 4.78 is 13.7. The Kier molecular flexibility index (Phi) is 4.39. The van der Waals surface area contributed by atoms with E-state index in [4.69, 9.17) is 5.73 Å². The molecular weight excluding hydrogens is 323 g/mol. The van der Waals surface area contributed by atoms with Crippen LogP contribution in [0.1, 0.15) is 21.5 Å². The number of nitrogens with two attached hydrogens (primary N) is 1. The number of hydrogen-bond donors (Lipinski definition) is 2. The van der Waals surface area contributed by atoms with E-state index in [1.165, 1.54) is 18.2 Å². The predicted octanol–water partition coefficient (Wildman–Crippen LogP) is 3.41. The SMILES string of the molecule is Cc1c(N)cccc1CNC(=O)c1cc(F)ccc1Br. The summed E-state index contributed by atoms with van der Waals surface area (Å²) in [5.41, 5.74) is 8.64. The number of anilines is 1. The van der Waals surface area contributed by atoms with Crippen LogP contribution < -0.4 is 11.1 Å². The van der Waals surface area contributed by atoms with E-state index in [1.807, 2.05) is 25.1 Å². The molecule has 0 saturated heterocycles. The minimum atomic E-state index is -0.446. The van der Waals surface area contributed by atoms with Crippen molar-refractivity contribution < 1.29 is 9.18 Å². The molecule has 2 aromatic rings. The van der Waals surface area contributed by atoms with Crippen LogP contribution in [0.5, 0.6) is 0 Å². The zero-order valence-electron chi connectivity index (χ0n) is 10.9. The van der Waals surface area contributed by atoms with Crippen molar-refractivity contribution in [3.05, 3.63) is 63.4 Å². The van der Waals surface area contributed by atoms with Gasteiger partial charge in [-0.25, -0.2) is 4.39 Å². The van der Waals surface area contributed by atoms with Gasteiger partial charge < -0.3 is 11.1 Å². The van der Waals surface area contributed by atoms with E-state index in [1.54, 1.807) is 0 Å². The van der Waals surface area contributed by atoms with Crippen LogP contribution in [0.2, 0.25) is 0 Å². The second kappa shape index (κ2) is 6.05. The molecule has 0 aromatic heterocycles. The van der Waals surface area contributed by atoms with E-state index >= 15 is 0 Å². The fourth-order valence-corrected chi connectivity index (χ4v) is 2.26. The Morgan fingerprint density at radius 3 is 2.85 bits per heavy atom. The minimum Gasteiger partial charge on any atom is -0.399 e. The van der Waals surface area contributed by atoms with Gasteiger partial charge in [0.25, 0.3) is 5.91 Å². The zero-order chi connectivity index (χ0) is 14.7. The summed E-state index contributed by atoms with van der Waals surface area (Å²) in [5, 5.41) is 2.76. The summed E-state index contributed by atoms with van der Waals surface area (Å²) in [5.74, 6) is -0.781. The molecule has 0 aliphatic carbocycles. The summed E-state index contributed by atoms with van der Waals surface area (Å²) in [4.78, 5) is 12.0. The highest BCUT2D eigenvalue weighted by molar-refractivity contribution is 9.10. The van der Waals surface area contributed by atoms with Crippen LogP contribution in [-0.2, 0) is 6.54 Å². The first-order chi connectivity index (χ1) is 9.49. The summed E-state index contributed by atoms with van der Waals surface area (Å²) in [6.07, 6.45) is 0. The minimum absolute atomic E-state index is 0.270. The molecule has 20 heavy (non-hydrogen) atoms. The number of nitrogens with one attached hydrogen (secondary N) is 1. The van der Waals surface area contributed by atoms with Gasteiger partial charge in [0.1, 0.15) is 5.82 Å². The number of rotatable bonds is 3. The number of amides is 1. The molecule has 0 radical (unpaired) electrons. The van der Waals surface area contributed by atoms with Gasteiger partial charge in [-0.1, -0.05) is 12.1 Å². The number of halogens is 2. The maximum absolute atomic E-state index is 13.2. The molecule has 1 amide bonds. The van der Waals surface area contributed by atoms with Crippen molar-refractivity contribution in [1.29, 1.82) is 0 Å². The van der Waals surface area contributed by atoms with Gasteiger partial charge in [0.15, 0.2) is 0 Å². The molecule has 0 fully saturated rings. The topological polar surface area (TPSA) is 55.1 Å². The molecule has 0 unspecified atom stereocenters. The second-order valence-corrected chi connectivity index (χ2v) is 5.29. The molecule has 2 rings (SSSR count). The van der Waals surface area contributed by atoms with E-state index in [0.29, 0.717) is 16.7 Å². The van der Waals surface area contributed by atoms with Crippen molar-refractivity contribution in [1.82, 2.24) is 5.32 Å². The van der Waals surface area contributed by atoms with Gasteiger partial charge in [-0.3, -0.25) is 4.79 Å². The molecule has 0 saturated carbocycles. The van der Waals surface area contributed by atoms with Crippen LogP contribution in [0.4, 0.5) is 10.1 Å². The fraction of sp³-hybridized carbons (Fsp3) is 0.133. The van der Waals surface area contributed by atoms with Crippen molar-refractivity contribution in [2.24, 2.45) is 0 Å². The lowest BCUT2D eigenvalue weighted by Crippen LogP contribution is -2.23. The third-order valence-electron chi connectivity index (χ3n) is 3.10. The average molecular weight is 337 g/mol. The Morgan fingerprint density at radius 1 is 1.35 bits per heavy atom. The third kappa shape index (κ3) is 3.17. The van der Waals surface area contributed by atoms with Crippen LogP contribution in [-0.4, -0.2) is 5.91 Å². The second-order valence-electron chi connectivity index (χ2n) is 4.44. The molecule has 0 bridgehead atoms. The number of benzene rings is 2. The number of carbonyl (C=O) groups is 1. The van der Waals surface area contributed by atoms with Crippen molar-refractivity contribution in [2.75, 3.05) is 5.73 Å². The zero-order valence-corrected chi connectivity index (χ0v) is 12.5. The van der Waals surface area contributed by atoms with Crippen LogP contribution in [0, 0.1) is 12.7 Å². The number of hydrogen-bond acceptors (Lipinski definition) is 2. The van der Waals surface area contributed by atoms with Gasteiger partial charge in [0.2, 0.25) is 0 Å². The van der Waals surface area contributed by atoms with Gasteiger partial charge in [0.05, 0.1) is 5.56 Å². The largest absolute Gasteiger partial charge is 0.399 e. The monoisotopic (exact) mass is 336 g/mol. The lowest BCUT2D eigenvalue weighted by atomic mass is 10.1. The van der Waals surface area contributed by atoms with Crippen molar-refractivity contribution >= 4 is 27.5 Å². The lowest BCUT2D eigenvalue weighted by molar-refractivity contribution is 0.0949. The van der Waals surface area contributed by atoms with Crippen LogP contribution in [0.25, 0.3) is 0 Å². The van der Waals surface area contributed by atoms with Crippen molar-refractivity contribution in [2.45, 2.75) is 13.5 Å². The molecule has 0 atom stereocenters. The van der Waals surface area contributed by atoms with Crippen LogP contribution in [0.3, 0.4) is 0 Å². The summed E-state index contributed by atoms with van der Waals surface area (Å²) >= 11 is 3.24. The normalized spacial score (nSPS) is 10.3. The van der Waals surface area contributed by atoms with E-state index in [0.717, 1.165) is 11.1 Å². The summed E-state index contributed by atoms with van der Waals surface area (Å²) in [6.45, 7) is 2.24. The molecule has 0 aliphatic rings. The molecule has 104 valence electrons. The Bertz CT molecular complexity index is 658. The van der Waals surface area contributed by atoms with Crippen LogP contribution >= 0.6 is 15.9 Å². The Labute approximate surface area is 125 Å². The van der Waals surface area contributed by atoms with Crippen molar-refractivity contribution in [3.8, 4) is 0 Å². The molecule has 3 nitrogen and oxygen atoms in total. The van der Waals surface area contributed by atoms with Gasteiger partial charge >= 0.3 is 0 Å². The van der Waals surface area contributed by atoms with E-state index in [-0.39, 0.29) is 11.5 Å². The molecular formula is C15H14BrFN2O. The maximum atomic E-state index is 13.2. The highest BCUT2D eigenvalue weighted by Crippen LogP contribution is 2.19. The van der Waals surface area contributed by atoms with Gasteiger partial charge in [-0.2, -0.15) is 0 Å². The highest BCUT2D eigenvalue weighted by atomic mass is 79.9. The van der Waals surface area contributed by atoms with E-state index in [9.17, 15) is 9.18 Å². The maximum Gasteiger partial charge on any atom is 0.252 e. The first-order valence-electron chi connectivity index (χ1n) is 6.06. The number of nitrogen functional groups attached to an aromatic ring is 1. The highest BCUT2D eigenvalue weighted by Gasteiger charge is 2.11. The summed E-state index contributed by atoms with van der Waals surface area (Å²) in [6, 6.07) is 9.54. The van der Waals surface area contributed by atoms with Gasteiger partial charge in [-0.05, 0) is 58.2 Å². The van der Waals surface area contributed by atoms with Crippen molar-refractivity contribution in [3.63, 3.8) is 0 Å². The fourth-order valence-electron chi connectivity index (χ4n) is 1.84. The molecule has 0 spiro atoms. The summed E-state index contributed by atoms with van der Waals surface area (Å²) in [7, 11) is 0. The molecule has 2 aromatic carbocycles. The number of carbonyl (C=O) groups excluding carboxylic acids is 1. The average Bonchev–Trinajstić information content (AvgIpc) is 2.43. The first kappa shape index (κ1) is 14.5. The van der Waals surface area contributed by atoms with Gasteiger partial charge in [-0.15, -0.1) is 0 Å². The van der Waals surface area contributed by atoms with E-state index < -0.39 is 5.82 Å². The molecule has 3 N–H and O–H groups in total. The standard InChI is InChI=1S/C15H14BrFN2O/c1-9-10(3-2-4-14(9)18)8-19-15(20)12-7-11(17)5-6-13(12)16/h2-7H,8,18H2,1H3,(H,19,20). The molecule has 0 heterocycles. The first-order valence-corrected chi connectivity index (χ1v) is 6.85. The third-order valence-corrected chi connectivity index (χ3v) is 3.79. The predicted molar refractivity (Wildman–Crippen MR) is 80.9 cm³/mol. The Hall–Kier alpha value is -1.88. The Morgan fingerprint density at radius 2 is 2.10 bits per heavy atom. The molecule has 0 aliphatic heterocycles. The molecule has 5 heteroatoms. The smallest absolute Gasteiger partial charge is 0.252 e. The van der Waals surface area contributed by atoms with Gasteiger partial charge in [0, 0.05) is 16.7 Å². The lowest BCUT2D eigenvalue weighted by Gasteiger charge is -2.10.